The molecule has 1 amide bonds. The molecule has 6 aromatic rings. The lowest BCUT2D eigenvalue weighted by atomic mass is 10.0. The lowest BCUT2D eigenvalue weighted by Crippen LogP contribution is -2.47. The second-order valence-corrected chi connectivity index (χ2v) is 11.5. The van der Waals surface area contributed by atoms with Crippen LogP contribution < -0.4 is 15.0 Å². The third-order valence-electron chi connectivity index (χ3n) is 8.56. The van der Waals surface area contributed by atoms with Crippen molar-refractivity contribution in [2.75, 3.05) is 50.1 Å². The number of piperazine rings is 1. The summed E-state index contributed by atoms with van der Waals surface area (Å²) in [5, 5.41) is 14.2. The number of hydrogen-bond donors (Lipinski definition) is 3. The first-order valence-corrected chi connectivity index (χ1v) is 15.7. The maximum Gasteiger partial charge on any atom is 0.255 e. The van der Waals surface area contributed by atoms with Gasteiger partial charge in [0.1, 0.15) is 17.4 Å². The predicted molar refractivity (Wildman–Crippen MR) is 184 cm³/mol. The number of nitrogens with zero attached hydrogens (tertiary/aromatic N) is 5. The summed E-state index contributed by atoms with van der Waals surface area (Å²) >= 11 is 0. The van der Waals surface area contributed by atoms with Gasteiger partial charge in [0, 0.05) is 67.5 Å². The molecule has 4 heterocycles. The Morgan fingerprint density at radius 1 is 0.872 bits per heavy atom. The van der Waals surface area contributed by atoms with Crippen molar-refractivity contribution in [2.24, 2.45) is 0 Å². The van der Waals surface area contributed by atoms with E-state index in [9.17, 15) is 9.90 Å². The number of methoxy groups -OCH3 is 1. The van der Waals surface area contributed by atoms with Crippen molar-refractivity contribution in [1.29, 1.82) is 0 Å². The average Bonchev–Trinajstić information content (AvgIpc) is 3.55. The van der Waals surface area contributed by atoms with Crippen molar-refractivity contribution < 1.29 is 14.6 Å². The molecule has 0 bridgehead atoms. The Bertz CT molecular complexity index is 2000. The van der Waals surface area contributed by atoms with Gasteiger partial charge in [-0.2, -0.15) is 0 Å². The van der Waals surface area contributed by atoms with Crippen LogP contribution in [0.1, 0.15) is 15.9 Å². The Labute approximate surface area is 272 Å². The molecule has 3 N–H and O–H groups in total. The third kappa shape index (κ3) is 6.49. The van der Waals surface area contributed by atoms with Crippen LogP contribution in [-0.2, 0) is 6.42 Å². The van der Waals surface area contributed by atoms with E-state index in [0.717, 1.165) is 50.6 Å². The summed E-state index contributed by atoms with van der Waals surface area (Å²) in [5.74, 6) is 1.80. The summed E-state index contributed by atoms with van der Waals surface area (Å²) in [6.07, 6.45) is 4.43. The van der Waals surface area contributed by atoms with Gasteiger partial charge in [0.05, 0.1) is 23.7 Å². The first-order chi connectivity index (χ1) is 23.1. The van der Waals surface area contributed by atoms with E-state index in [1.165, 1.54) is 5.56 Å². The highest BCUT2D eigenvalue weighted by molar-refractivity contribution is 6.06. The zero-order valence-electron chi connectivity index (χ0n) is 26.1. The van der Waals surface area contributed by atoms with E-state index in [0.29, 0.717) is 45.0 Å². The molecule has 7 rings (SSSR count). The zero-order chi connectivity index (χ0) is 32.2. The van der Waals surface area contributed by atoms with Crippen LogP contribution in [0.25, 0.3) is 33.5 Å². The van der Waals surface area contributed by atoms with Crippen molar-refractivity contribution in [3.05, 3.63) is 115 Å². The molecular weight excluding hydrogens is 590 g/mol. The number of rotatable bonds is 9. The zero-order valence-corrected chi connectivity index (χ0v) is 26.1. The largest absolute Gasteiger partial charge is 0.507 e. The Hall–Kier alpha value is -5.74. The molecule has 0 aliphatic carbocycles. The predicted octanol–water partition coefficient (Wildman–Crippen LogP) is 6.02. The number of aromatic hydroxyl groups is 1. The van der Waals surface area contributed by atoms with Gasteiger partial charge in [0.25, 0.3) is 5.91 Å². The molecule has 47 heavy (non-hydrogen) atoms. The van der Waals surface area contributed by atoms with Crippen LogP contribution in [0.5, 0.6) is 11.6 Å². The summed E-state index contributed by atoms with van der Waals surface area (Å²) in [6.45, 7) is 4.98. The molecule has 10 nitrogen and oxygen atoms in total. The van der Waals surface area contributed by atoms with Gasteiger partial charge in [0.15, 0.2) is 0 Å². The molecule has 3 aromatic carbocycles. The van der Waals surface area contributed by atoms with Crippen LogP contribution in [0.2, 0.25) is 0 Å². The molecule has 1 saturated heterocycles. The van der Waals surface area contributed by atoms with Crippen LogP contribution in [0.3, 0.4) is 0 Å². The van der Waals surface area contributed by atoms with Crippen molar-refractivity contribution >= 4 is 28.4 Å². The number of benzene rings is 3. The van der Waals surface area contributed by atoms with Gasteiger partial charge >= 0.3 is 0 Å². The first-order valence-electron chi connectivity index (χ1n) is 15.7. The number of aromatic nitrogens is 4. The number of para-hydroxylation sites is 1. The molecule has 236 valence electrons. The summed E-state index contributed by atoms with van der Waals surface area (Å²) < 4.78 is 5.39. The Kier molecular flexibility index (Phi) is 8.48. The van der Waals surface area contributed by atoms with E-state index in [1.807, 2.05) is 48.7 Å². The van der Waals surface area contributed by atoms with E-state index in [1.54, 1.807) is 43.6 Å². The Morgan fingerprint density at radius 3 is 2.45 bits per heavy atom. The van der Waals surface area contributed by atoms with E-state index in [4.69, 9.17) is 4.74 Å². The smallest absolute Gasteiger partial charge is 0.255 e. The number of fused-ring (bicyclic) bond motifs is 1. The molecule has 1 fully saturated rings. The number of phenolic OH excluding ortho intramolecular Hbond substituents is 1. The molecule has 10 heteroatoms. The minimum absolute atomic E-state index is 0.0578. The minimum Gasteiger partial charge on any atom is -0.507 e. The normalized spacial score (nSPS) is 13.5. The van der Waals surface area contributed by atoms with Gasteiger partial charge in [-0.05, 0) is 72.6 Å². The lowest BCUT2D eigenvalue weighted by molar-refractivity contribution is 0.102. The second-order valence-electron chi connectivity index (χ2n) is 11.5. The Balaban J connectivity index is 0.978. The number of phenols is 1. The molecular formula is C37H35N7O3. The fourth-order valence-corrected chi connectivity index (χ4v) is 5.98. The van der Waals surface area contributed by atoms with E-state index in [-0.39, 0.29) is 11.7 Å². The van der Waals surface area contributed by atoms with Crippen molar-refractivity contribution in [2.45, 2.75) is 6.42 Å². The molecule has 0 spiro atoms. The molecule has 3 aromatic heterocycles. The Morgan fingerprint density at radius 2 is 1.66 bits per heavy atom. The van der Waals surface area contributed by atoms with Crippen LogP contribution in [-0.4, -0.2) is 75.7 Å². The van der Waals surface area contributed by atoms with Gasteiger partial charge in [-0.15, -0.1) is 0 Å². The van der Waals surface area contributed by atoms with E-state index >= 15 is 0 Å². The van der Waals surface area contributed by atoms with Gasteiger partial charge in [-0.3, -0.25) is 9.69 Å². The SMILES string of the molecule is COc1ncccc1-c1cccc(-c2nc3ccc(C(=O)Nc4ccc(CCN5CCN(c6ccccn6)CC5)cc4)cc3[nH]2)c1O. The number of carbonyl (C=O) groups is 1. The fourth-order valence-electron chi connectivity index (χ4n) is 5.98. The number of ether oxygens (including phenoxy) is 1. The highest BCUT2D eigenvalue weighted by Crippen LogP contribution is 2.40. The highest BCUT2D eigenvalue weighted by Gasteiger charge is 2.19. The summed E-state index contributed by atoms with van der Waals surface area (Å²) in [7, 11) is 1.55. The number of anilines is 2. The van der Waals surface area contributed by atoms with Crippen LogP contribution in [0.4, 0.5) is 11.5 Å². The number of carbonyl (C=O) groups excluding carboxylic acids is 1. The number of amides is 1. The standard InChI is InChI=1S/C37H35N7O3/c1-47-37-29(8-5-18-39-37)28-6-4-7-30(34(28)45)35-41-31-15-12-26(24-32(31)42-35)36(46)40-27-13-10-25(11-14-27)16-19-43-20-22-44(23-21-43)33-9-2-3-17-38-33/h2-15,17-18,24,45H,16,19-23H2,1H3,(H,40,46)(H,41,42). The van der Waals surface area contributed by atoms with Gasteiger partial charge < -0.3 is 25.0 Å². The number of H-pyrrole nitrogens is 1. The molecule has 1 aliphatic rings. The number of aromatic amines is 1. The van der Waals surface area contributed by atoms with E-state index in [2.05, 4.69) is 53.3 Å². The molecule has 0 atom stereocenters. The monoisotopic (exact) mass is 625 g/mol. The third-order valence-corrected chi connectivity index (χ3v) is 8.56. The molecule has 0 unspecified atom stereocenters. The van der Waals surface area contributed by atoms with Crippen LogP contribution >= 0.6 is 0 Å². The van der Waals surface area contributed by atoms with Crippen LogP contribution in [0, 0.1) is 0 Å². The highest BCUT2D eigenvalue weighted by atomic mass is 16.5. The average molecular weight is 626 g/mol. The summed E-state index contributed by atoms with van der Waals surface area (Å²) in [4.78, 5) is 34.7. The van der Waals surface area contributed by atoms with Crippen molar-refractivity contribution in [1.82, 2.24) is 24.8 Å². The van der Waals surface area contributed by atoms with Crippen LogP contribution in [0.15, 0.2) is 103 Å². The number of hydrogen-bond acceptors (Lipinski definition) is 8. The number of imidazole rings is 1. The molecule has 0 saturated carbocycles. The molecule has 1 aliphatic heterocycles. The van der Waals surface area contributed by atoms with Crippen molar-refractivity contribution in [3.63, 3.8) is 0 Å². The maximum atomic E-state index is 13.2. The summed E-state index contributed by atoms with van der Waals surface area (Å²) in [5.41, 5.74) is 5.63. The number of nitrogens with one attached hydrogen (secondary N) is 2. The fraction of sp³-hybridized carbons (Fsp3) is 0.189. The second kappa shape index (κ2) is 13.3. The quantitative estimate of drug-likeness (QED) is 0.179. The molecule has 0 radical (unpaired) electrons. The topological polar surface area (TPSA) is 119 Å². The van der Waals surface area contributed by atoms with Gasteiger partial charge in [-0.25, -0.2) is 15.0 Å². The van der Waals surface area contributed by atoms with Crippen molar-refractivity contribution in [3.8, 4) is 34.1 Å². The van der Waals surface area contributed by atoms with Gasteiger partial charge in [-0.1, -0.05) is 30.3 Å². The number of pyridine rings is 2. The van der Waals surface area contributed by atoms with E-state index < -0.39 is 0 Å². The first kappa shape index (κ1) is 29.9. The lowest BCUT2D eigenvalue weighted by Gasteiger charge is -2.35. The summed E-state index contributed by atoms with van der Waals surface area (Å²) in [6, 6.07) is 28.5. The van der Waals surface area contributed by atoms with Gasteiger partial charge in [0.2, 0.25) is 5.88 Å². The minimum atomic E-state index is -0.213. The maximum absolute atomic E-state index is 13.2.